The van der Waals surface area contributed by atoms with E-state index in [2.05, 4.69) is 15.0 Å². The Morgan fingerprint density at radius 3 is 2.73 bits per heavy atom. The van der Waals surface area contributed by atoms with Gasteiger partial charge in [0.2, 0.25) is 0 Å². The van der Waals surface area contributed by atoms with Crippen molar-refractivity contribution in [1.82, 2.24) is 4.72 Å². The van der Waals surface area contributed by atoms with E-state index in [-0.39, 0.29) is 16.1 Å². The van der Waals surface area contributed by atoms with Crippen LogP contribution in [0.4, 0.5) is 10.1 Å². The molecule has 0 radical (unpaired) electrons. The maximum Gasteiger partial charge on any atom is 0.339 e. The quantitative estimate of drug-likeness (QED) is 0.679. The smallest absolute Gasteiger partial charge is 0.339 e. The van der Waals surface area contributed by atoms with Crippen molar-refractivity contribution in [3.8, 4) is 0 Å². The molecule has 0 bridgehead atoms. The lowest BCUT2D eigenvalue weighted by Crippen LogP contribution is -2.29. The average Bonchev–Trinajstić information content (AvgIpc) is 3.20. The molecule has 0 saturated heterocycles. The van der Waals surface area contributed by atoms with E-state index in [1.54, 1.807) is 6.92 Å². The summed E-state index contributed by atoms with van der Waals surface area (Å²) >= 11 is 0. The number of hydrogen-bond acceptors (Lipinski definition) is 6. The Hall–Kier alpha value is -3.27. The maximum absolute atomic E-state index is 13.3. The molecule has 10 heteroatoms. The monoisotopic (exact) mass is 433 g/mol. The molecule has 0 fully saturated rings. The first-order chi connectivity index (χ1) is 14.2. The number of ether oxygens (including phenoxy) is 1. The van der Waals surface area contributed by atoms with Crippen LogP contribution in [-0.2, 0) is 19.6 Å². The second-order valence-corrected chi connectivity index (χ2v) is 8.33. The van der Waals surface area contributed by atoms with Crippen LogP contribution in [0.3, 0.4) is 0 Å². The first-order valence-electron chi connectivity index (χ1n) is 9.14. The second-order valence-electron chi connectivity index (χ2n) is 6.65. The van der Waals surface area contributed by atoms with E-state index in [1.165, 1.54) is 36.4 Å². The number of amidine groups is 1. The minimum absolute atomic E-state index is 0.0248. The Bertz CT molecular complexity index is 1120. The number of amides is 1. The third-order valence-electron chi connectivity index (χ3n) is 4.31. The van der Waals surface area contributed by atoms with Gasteiger partial charge in [-0.2, -0.15) is 0 Å². The minimum Gasteiger partial charge on any atom is -0.452 e. The summed E-state index contributed by atoms with van der Waals surface area (Å²) in [5.74, 6) is -1.68. The topological polar surface area (TPSA) is 114 Å². The summed E-state index contributed by atoms with van der Waals surface area (Å²) in [7, 11) is -3.83. The number of esters is 1. The van der Waals surface area contributed by atoms with Crippen LogP contribution in [0.25, 0.3) is 0 Å². The number of nitrogens with zero attached hydrogens (tertiary/aromatic N) is 1. The van der Waals surface area contributed by atoms with Crippen molar-refractivity contribution in [3.05, 3.63) is 59.4 Å². The van der Waals surface area contributed by atoms with Gasteiger partial charge in [-0.25, -0.2) is 17.6 Å². The molecule has 158 valence electrons. The third-order valence-corrected chi connectivity index (χ3v) is 5.69. The number of carbonyl (C=O) groups excluding carboxylic acids is 2. The van der Waals surface area contributed by atoms with Gasteiger partial charge < -0.3 is 10.1 Å². The highest BCUT2D eigenvalue weighted by Gasteiger charge is 2.19. The molecule has 2 aromatic rings. The van der Waals surface area contributed by atoms with Crippen molar-refractivity contribution in [3.63, 3.8) is 0 Å². The first kappa shape index (κ1) is 21.4. The van der Waals surface area contributed by atoms with Crippen LogP contribution in [0.15, 0.2) is 52.4 Å². The van der Waals surface area contributed by atoms with Crippen molar-refractivity contribution in [2.45, 2.75) is 24.7 Å². The van der Waals surface area contributed by atoms with Crippen molar-refractivity contribution >= 4 is 33.4 Å². The number of nitrogens with one attached hydrogen (secondary N) is 2. The zero-order valence-corrected chi connectivity index (χ0v) is 17.0. The van der Waals surface area contributed by atoms with Gasteiger partial charge in [0.25, 0.3) is 15.9 Å². The number of carbonyl (C=O) groups is 2. The SMILES string of the molecule is Cc1ccc(F)cc1C(=O)OCC(=O)Nc1cccc(S(=O)(=O)NC2=NCCC2)c1. The summed E-state index contributed by atoms with van der Waals surface area (Å²) in [6.45, 7) is 1.59. The number of benzene rings is 2. The Morgan fingerprint density at radius 1 is 1.20 bits per heavy atom. The molecule has 3 rings (SSSR count). The molecule has 0 aromatic heterocycles. The number of anilines is 1. The Labute approximate surface area is 173 Å². The van der Waals surface area contributed by atoms with Crippen molar-refractivity contribution in [1.29, 1.82) is 0 Å². The largest absolute Gasteiger partial charge is 0.452 e. The van der Waals surface area contributed by atoms with Gasteiger partial charge in [0.1, 0.15) is 11.7 Å². The van der Waals surface area contributed by atoms with Crippen LogP contribution in [0.5, 0.6) is 0 Å². The molecule has 1 aliphatic rings. The molecular weight excluding hydrogens is 413 g/mol. The average molecular weight is 433 g/mol. The standard InChI is InChI=1S/C20H20FN3O5S/c1-13-7-8-14(21)10-17(13)20(26)29-12-19(25)23-15-4-2-5-16(11-15)30(27,28)24-18-6-3-9-22-18/h2,4-5,7-8,10-11H,3,6,9,12H2,1H3,(H,22,24)(H,23,25). The van der Waals surface area contributed by atoms with Gasteiger partial charge in [-0.15, -0.1) is 0 Å². The normalized spacial score (nSPS) is 13.5. The van der Waals surface area contributed by atoms with E-state index >= 15 is 0 Å². The summed E-state index contributed by atoms with van der Waals surface area (Å²) < 4.78 is 45.6. The molecule has 2 N–H and O–H groups in total. The van der Waals surface area contributed by atoms with E-state index in [1.807, 2.05) is 0 Å². The zero-order valence-electron chi connectivity index (χ0n) is 16.1. The summed E-state index contributed by atoms with van der Waals surface area (Å²) in [5, 5.41) is 2.47. The molecule has 1 heterocycles. The van der Waals surface area contributed by atoms with Gasteiger partial charge in [-0.3, -0.25) is 14.5 Å². The van der Waals surface area contributed by atoms with Crippen LogP contribution in [0.1, 0.15) is 28.8 Å². The highest BCUT2D eigenvalue weighted by Crippen LogP contribution is 2.17. The van der Waals surface area contributed by atoms with E-state index in [9.17, 15) is 22.4 Å². The van der Waals surface area contributed by atoms with Crippen LogP contribution < -0.4 is 10.0 Å². The van der Waals surface area contributed by atoms with E-state index < -0.39 is 34.3 Å². The Morgan fingerprint density at radius 2 is 2.00 bits per heavy atom. The van der Waals surface area contributed by atoms with Gasteiger partial charge in [-0.1, -0.05) is 12.1 Å². The second kappa shape index (κ2) is 9.04. The molecule has 0 spiro atoms. The van der Waals surface area contributed by atoms with Crippen molar-refractivity contribution in [2.75, 3.05) is 18.5 Å². The third kappa shape index (κ3) is 5.41. The Kier molecular flexibility index (Phi) is 6.46. The number of aliphatic imine (C=N–C) groups is 1. The van der Waals surface area contributed by atoms with Gasteiger partial charge >= 0.3 is 5.97 Å². The van der Waals surface area contributed by atoms with Crippen LogP contribution in [0, 0.1) is 12.7 Å². The van der Waals surface area contributed by atoms with Crippen molar-refractivity contribution in [2.24, 2.45) is 4.99 Å². The molecule has 0 atom stereocenters. The van der Waals surface area contributed by atoms with Gasteiger partial charge in [0.05, 0.1) is 10.5 Å². The number of aryl methyl sites for hydroxylation is 1. The Balaban J connectivity index is 1.61. The van der Waals surface area contributed by atoms with Gasteiger partial charge in [0.15, 0.2) is 6.61 Å². The lowest BCUT2D eigenvalue weighted by molar-refractivity contribution is -0.119. The summed E-state index contributed by atoms with van der Waals surface area (Å²) in [5.41, 5.74) is 0.755. The van der Waals surface area contributed by atoms with Gasteiger partial charge in [0, 0.05) is 18.7 Å². The number of sulfonamides is 1. The predicted octanol–water partition coefficient (Wildman–Crippen LogP) is 2.40. The van der Waals surface area contributed by atoms with E-state index in [0.29, 0.717) is 24.4 Å². The zero-order chi connectivity index (χ0) is 21.7. The molecule has 0 saturated carbocycles. The molecule has 2 aromatic carbocycles. The maximum atomic E-state index is 13.3. The summed E-state index contributed by atoms with van der Waals surface area (Å²) in [6, 6.07) is 9.34. The first-order valence-corrected chi connectivity index (χ1v) is 10.6. The molecule has 8 nitrogen and oxygen atoms in total. The number of hydrogen-bond donors (Lipinski definition) is 2. The lowest BCUT2D eigenvalue weighted by atomic mass is 10.1. The molecule has 0 unspecified atom stereocenters. The minimum atomic E-state index is -3.83. The highest BCUT2D eigenvalue weighted by molar-refractivity contribution is 7.90. The molecule has 1 aliphatic heterocycles. The van der Waals surface area contributed by atoms with E-state index in [4.69, 9.17) is 4.74 Å². The van der Waals surface area contributed by atoms with Crippen LogP contribution in [0.2, 0.25) is 0 Å². The number of rotatable bonds is 6. The predicted molar refractivity (Wildman–Crippen MR) is 108 cm³/mol. The molecule has 30 heavy (non-hydrogen) atoms. The number of halogens is 1. The van der Waals surface area contributed by atoms with Crippen molar-refractivity contribution < 1.29 is 27.1 Å². The molecule has 0 aliphatic carbocycles. The fraction of sp³-hybridized carbons (Fsp3) is 0.250. The fourth-order valence-electron chi connectivity index (χ4n) is 2.80. The lowest BCUT2D eigenvalue weighted by Gasteiger charge is -2.11. The molecule has 1 amide bonds. The highest BCUT2D eigenvalue weighted by atomic mass is 32.2. The summed E-state index contributed by atoms with van der Waals surface area (Å²) in [6.07, 6.45) is 1.35. The summed E-state index contributed by atoms with van der Waals surface area (Å²) in [4.78, 5) is 28.2. The molecular formula is C20H20FN3O5S. The van der Waals surface area contributed by atoms with E-state index in [0.717, 1.165) is 12.5 Å². The van der Waals surface area contributed by atoms with Gasteiger partial charge in [-0.05, 0) is 49.2 Å². The van der Waals surface area contributed by atoms with Crippen LogP contribution >= 0.6 is 0 Å². The fourth-order valence-corrected chi connectivity index (χ4v) is 3.93. The van der Waals surface area contributed by atoms with Crippen LogP contribution in [-0.4, -0.2) is 39.3 Å².